The van der Waals surface area contributed by atoms with Crippen molar-refractivity contribution in [2.75, 3.05) is 19.6 Å². The second kappa shape index (κ2) is 6.96. The molecule has 4 N–H and O–H groups in total. The number of rotatable bonds is 6. The average Bonchev–Trinajstić information content (AvgIpc) is 2.34. The Morgan fingerprint density at radius 2 is 2.06 bits per heavy atom. The molecule has 0 aliphatic carbocycles. The molecule has 1 aromatic carbocycles. The molecular weight excluding hydrogens is 202 g/mol. The van der Waals surface area contributed by atoms with E-state index in [1.54, 1.807) is 24.3 Å². The van der Waals surface area contributed by atoms with Crippen LogP contribution in [0.3, 0.4) is 0 Å². The van der Waals surface area contributed by atoms with Crippen LogP contribution < -0.4 is 11.1 Å². The predicted octanol–water partition coefficient (Wildman–Crippen LogP) is 0.530. The number of nitriles is 1. The van der Waals surface area contributed by atoms with Crippen LogP contribution in [0, 0.1) is 11.3 Å². The summed E-state index contributed by atoms with van der Waals surface area (Å²) in [4.78, 5) is 0. The van der Waals surface area contributed by atoms with Crippen LogP contribution in [0.2, 0.25) is 0 Å². The van der Waals surface area contributed by atoms with Gasteiger partial charge in [-0.05, 0) is 37.2 Å². The summed E-state index contributed by atoms with van der Waals surface area (Å²) in [5.41, 5.74) is 6.78. The van der Waals surface area contributed by atoms with E-state index < -0.39 is 6.10 Å². The number of hydrogen-bond donors (Lipinski definition) is 3. The summed E-state index contributed by atoms with van der Waals surface area (Å²) < 4.78 is 0. The van der Waals surface area contributed by atoms with Gasteiger partial charge in [0.05, 0.1) is 17.7 Å². The van der Waals surface area contributed by atoms with Gasteiger partial charge in [0.2, 0.25) is 0 Å². The molecule has 1 rings (SSSR count). The minimum absolute atomic E-state index is 0.506. The lowest BCUT2D eigenvalue weighted by molar-refractivity contribution is 0.175. The Morgan fingerprint density at radius 3 is 2.62 bits per heavy atom. The fourth-order valence-corrected chi connectivity index (χ4v) is 1.36. The highest BCUT2D eigenvalue weighted by Gasteiger charge is 2.06. The zero-order chi connectivity index (χ0) is 11.8. The first kappa shape index (κ1) is 12.7. The topological polar surface area (TPSA) is 82.1 Å². The molecule has 0 bridgehead atoms. The first-order chi connectivity index (χ1) is 7.77. The average molecular weight is 219 g/mol. The lowest BCUT2D eigenvalue weighted by Crippen LogP contribution is -2.24. The van der Waals surface area contributed by atoms with Gasteiger partial charge in [-0.1, -0.05) is 12.1 Å². The Balaban J connectivity index is 2.40. The fourth-order valence-electron chi connectivity index (χ4n) is 1.36. The Labute approximate surface area is 95.7 Å². The quantitative estimate of drug-likeness (QED) is 0.609. The molecule has 4 nitrogen and oxygen atoms in total. The molecule has 0 aromatic heterocycles. The molecule has 0 heterocycles. The van der Waals surface area contributed by atoms with Crippen molar-refractivity contribution in [2.24, 2.45) is 5.73 Å². The maximum Gasteiger partial charge on any atom is 0.0991 e. The van der Waals surface area contributed by atoms with Gasteiger partial charge >= 0.3 is 0 Å². The molecule has 1 unspecified atom stereocenters. The SMILES string of the molecule is N#Cc1ccc(C(O)CNCCCN)cc1. The summed E-state index contributed by atoms with van der Waals surface area (Å²) in [7, 11) is 0. The molecule has 4 heteroatoms. The third kappa shape index (κ3) is 3.99. The van der Waals surface area contributed by atoms with E-state index >= 15 is 0 Å². The third-order valence-electron chi connectivity index (χ3n) is 2.32. The van der Waals surface area contributed by atoms with Crippen molar-refractivity contribution < 1.29 is 5.11 Å². The highest BCUT2D eigenvalue weighted by Crippen LogP contribution is 2.12. The van der Waals surface area contributed by atoms with Crippen molar-refractivity contribution >= 4 is 0 Å². The fraction of sp³-hybridized carbons (Fsp3) is 0.417. The summed E-state index contributed by atoms with van der Waals surface area (Å²) in [6, 6.07) is 9.00. The van der Waals surface area contributed by atoms with Gasteiger partial charge in [0.25, 0.3) is 0 Å². The van der Waals surface area contributed by atoms with E-state index in [0.717, 1.165) is 18.5 Å². The molecule has 1 atom stereocenters. The van der Waals surface area contributed by atoms with E-state index in [4.69, 9.17) is 11.0 Å². The van der Waals surface area contributed by atoms with Crippen molar-refractivity contribution in [2.45, 2.75) is 12.5 Å². The van der Waals surface area contributed by atoms with E-state index in [1.807, 2.05) is 6.07 Å². The van der Waals surface area contributed by atoms with Crippen LogP contribution in [0.1, 0.15) is 23.7 Å². The molecule has 0 aliphatic rings. The van der Waals surface area contributed by atoms with Gasteiger partial charge in [0.1, 0.15) is 0 Å². The number of benzene rings is 1. The summed E-state index contributed by atoms with van der Waals surface area (Å²) >= 11 is 0. The molecular formula is C12H17N3O. The first-order valence-electron chi connectivity index (χ1n) is 5.37. The molecule has 0 fully saturated rings. The highest BCUT2D eigenvalue weighted by molar-refractivity contribution is 5.32. The second-order valence-corrected chi connectivity index (χ2v) is 3.60. The molecule has 0 aliphatic heterocycles. The van der Waals surface area contributed by atoms with Crippen LogP contribution in [0.25, 0.3) is 0 Å². The zero-order valence-corrected chi connectivity index (χ0v) is 9.19. The molecule has 1 aromatic rings. The number of nitrogens with zero attached hydrogens (tertiary/aromatic N) is 1. The highest BCUT2D eigenvalue weighted by atomic mass is 16.3. The minimum atomic E-state index is -0.537. The normalized spacial score (nSPS) is 12.1. The summed E-state index contributed by atoms with van der Waals surface area (Å²) in [5, 5.41) is 21.6. The van der Waals surface area contributed by atoms with Gasteiger partial charge < -0.3 is 16.2 Å². The van der Waals surface area contributed by atoms with Crippen LogP contribution in [0.15, 0.2) is 24.3 Å². The Bertz CT molecular complexity index is 342. The number of hydrogen-bond acceptors (Lipinski definition) is 4. The maximum atomic E-state index is 9.81. The predicted molar refractivity (Wildman–Crippen MR) is 62.7 cm³/mol. The number of aliphatic hydroxyl groups excluding tert-OH is 1. The van der Waals surface area contributed by atoms with Crippen LogP contribution in [-0.4, -0.2) is 24.7 Å². The maximum absolute atomic E-state index is 9.81. The number of nitrogens with two attached hydrogens (primary N) is 1. The van der Waals surface area contributed by atoms with Crippen LogP contribution >= 0.6 is 0 Å². The van der Waals surface area contributed by atoms with Crippen LogP contribution in [0.4, 0.5) is 0 Å². The molecule has 0 saturated carbocycles. The molecule has 86 valence electrons. The minimum Gasteiger partial charge on any atom is -0.387 e. The summed E-state index contributed by atoms with van der Waals surface area (Å²) in [5.74, 6) is 0. The van der Waals surface area contributed by atoms with Crippen molar-refractivity contribution in [1.82, 2.24) is 5.32 Å². The molecule has 0 radical (unpaired) electrons. The monoisotopic (exact) mass is 219 g/mol. The summed E-state index contributed by atoms with van der Waals surface area (Å²) in [6.07, 6.45) is 0.366. The van der Waals surface area contributed by atoms with E-state index in [0.29, 0.717) is 18.7 Å². The van der Waals surface area contributed by atoms with Gasteiger partial charge in [-0.15, -0.1) is 0 Å². The van der Waals surface area contributed by atoms with E-state index in [2.05, 4.69) is 5.32 Å². The zero-order valence-electron chi connectivity index (χ0n) is 9.19. The van der Waals surface area contributed by atoms with Crippen molar-refractivity contribution in [3.05, 3.63) is 35.4 Å². The van der Waals surface area contributed by atoms with Crippen molar-refractivity contribution in [3.8, 4) is 6.07 Å². The lowest BCUT2D eigenvalue weighted by Gasteiger charge is -2.11. The lowest BCUT2D eigenvalue weighted by atomic mass is 10.1. The molecule has 0 spiro atoms. The standard InChI is InChI=1S/C12H17N3O/c13-6-1-7-15-9-12(16)11-4-2-10(8-14)3-5-11/h2-5,12,15-16H,1,6-7,9,13H2. The van der Waals surface area contributed by atoms with Gasteiger partial charge in [-0.2, -0.15) is 5.26 Å². The van der Waals surface area contributed by atoms with Gasteiger partial charge in [0.15, 0.2) is 0 Å². The number of nitrogens with one attached hydrogen (secondary N) is 1. The molecule has 0 amide bonds. The van der Waals surface area contributed by atoms with Gasteiger partial charge in [-0.3, -0.25) is 0 Å². The van der Waals surface area contributed by atoms with Crippen LogP contribution in [0.5, 0.6) is 0 Å². The molecule has 0 saturated heterocycles. The summed E-state index contributed by atoms with van der Waals surface area (Å²) in [6.45, 7) is 1.97. The first-order valence-corrected chi connectivity index (χ1v) is 5.37. The Morgan fingerprint density at radius 1 is 1.38 bits per heavy atom. The Kier molecular flexibility index (Phi) is 5.51. The third-order valence-corrected chi connectivity index (χ3v) is 2.32. The van der Waals surface area contributed by atoms with Crippen molar-refractivity contribution in [3.63, 3.8) is 0 Å². The van der Waals surface area contributed by atoms with E-state index in [9.17, 15) is 5.11 Å². The van der Waals surface area contributed by atoms with Gasteiger partial charge in [0, 0.05) is 6.54 Å². The largest absolute Gasteiger partial charge is 0.387 e. The van der Waals surface area contributed by atoms with Gasteiger partial charge in [-0.25, -0.2) is 0 Å². The Hall–Kier alpha value is -1.41. The van der Waals surface area contributed by atoms with E-state index in [1.165, 1.54) is 0 Å². The smallest absolute Gasteiger partial charge is 0.0991 e. The molecule has 16 heavy (non-hydrogen) atoms. The van der Waals surface area contributed by atoms with Crippen molar-refractivity contribution in [1.29, 1.82) is 5.26 Å². The second-order valence-electron chi connectivity index (χ2n) is 3.60. The number of aliphatic hydroxyl groups is 1. The van der Waals surface area contributed by atoms with E-state index in [-0.39, 0.29) is 0 Å². The van der Waals surface area contributed by atoms with Crippen LogP contribution in [-0.2, 0) is 0 Å².